The smallest absolute Gasteiger partial charge is 0.416 e. The summed E-state index contributed by atoms with van der Waals surface area (Å²) in [6.45, 7) is 2.41. The van der Waals surface area contributed by atoms with Crippen LogP contribution in [0.3, 0.4) is 0 Å². The molecule has 6 nitrogen and oxygen atoms in total. The summed E-state index contributed by atoms with van der Waals surface area (Å²) in [5.41, 5.74) is 0.133. The molecular weight excluding hydrogens is 563 g/mol. The molecule has 1 aliphatic rings. The maximum absolute atomic E-state index is 13.7. The Balaban J connectivity index is 1.70. The zero-order valence-electron chi connectivity index (χ0n) is 21.2. The van der Waals surface area contributed by atoms with Gasteiger partial charge < -0.3 is 10.1 Å². The minimum atomic E-state index is -4.59. The van der Waals surface area contributed by atoms with Gasteiger partial charge in [0.25, 0.3) is 5.91 Å². The number of carbonyl (C=O) groups excluding carboxylic acids is 2. The van der Waals surface area contributed by atoms with Crippen LogP contribution in [0.4, 0.5) is 18.9 Å². The highest BCUT2D eigenvalue weighted by Gasteiger charge is 2.41. The van der Waals surface area contributed by atoms with Crippen molar-refractivity contribution in [1.82, 2.24) is 5.32 Å². The fourth-order valence-corrected chi connectivity index (χ4v) is 5.54. The number of halogens is 4. The van der Waals surface area contributed by atoms with Crippen molar-refractivity contribution in [3.8, 4) is 11.8 Å². The van der Waals surface area contributed by atoms with Gasteiger partial charge in [-0.05, 0) is 66.9 Å². The lowest BCUT2D eigenvalue weighted by atomic mass is 10.0. The van der Waals surface area contributed by atoms with Gasteiger partial charge in [0.05, 0.1) is 17.4 Å². The third-order valence-electron chi connectivity index (χ3n) is 5.99. The molecule has 4 rings (SSSR count). The number of alkyl halides is 3. The van der Waals surface area contributed by atoms with Crippen LogP contribution in [0.15, 0.2) is 83.4 Å². The van der Waals surface area contributed by atoms with E-state index in [9.17, 15) is 28.0 Å². The number of hydrogen-bond acceptors (Lipinski definition) is 5. The first-order valence-corrected chi connectivity index (χ1v) is 13.4. The van der Waals surface area contributed by atoms with E-state index in [1.54, 1.807) is 24.3 Å². The minimum Gasteiger partial charge on any atom is -0.494 e. The Morgan fingerprint density at radius 3 is 2.45 bits per heavy atom. The molecule has 2 amide bonds. The molecule has 0 saturated carbocycles. The Morgan fingerprint density at radius 2 is 1.82 bits per heavy atom. The van der Waals surface area contributed by atoms with E-state index >= 15 is 0 Å². The van der Waals surface area contributed by atoms with Crippen molar-refractivity contribution in [1.29, 1.82) is 5.26 Å². The van der Waals surface area contributed by atoms with Crippen molar-refractivity contribution in [3.63, 3.8) is 0 Å². The molecule has 206 valence electrons. The van der Waals surface area contributed by atoms with Crippen molar-refractivity contribution in [2.75, 3.05) is 11.5 Å². The van der Waals surface area contributed by atoms with Gasteiger partial charge in [-0.15, -0.1) is 0 Å². The number of nitriles is 1. The monoisotopic (exact) mass is 585 g/mol. The van der Waals surface area contributed by atoms with Crippen LogP contribution in [-0.2, 0) is 28.7 Å². The van der Waals surface area contributed by atoms with Gasteiger partial charge in [0.15, 0.2) is 0 Å². The molecule has 1 fully saturated rings. The van der Waals surface area contributed by atoms with Gasteiger partial charge in [-0.1, -0.05) is 53.7 Å². The quantitative estimate of drug-likeness (QED) is 0.241. The lowest BCUT2D eigenvalue weighted by Gasteiger charge is -2.19. The fraction of sp³-hybridized carbons (Fsp3) is 0.207. The fourth-order valence-electron chi connectivity index (χ4n) is 4.05. The third kappa shape index (κ3) is 6.61. The topological polar surface area (TPSA) is 82.4 Å². The van der Waals surface area contributed by atoms with E-state index in [2.05, 4.69) is 5.32 Å². The van der Waals surface area contributed by atoms with E-state index in [1.165, 1.54) is 4.90 Å². The second-order valence-corrected chi connectivity index (χ2v) is 10.3. The molecule has 0 bridgehead atoms. The van der Waals surface area contributed by atoms with Gasteiger partial charge >= 0.3 is 6.18 Å². The van der Waals surface area contributed by atoms with E-state index < -0.39 is 28.8 Å². The van der Waals surface area contributed by atoms with Crippen molar-refractivity contribution < 1.29 is 27.5 Å². The summed E-state index contributed by atoms with van der Waals surface area (Å²) in [4.78, 5) is 28.0. The lowest BCUT2D eigenvalue weighted by molar-refractivity contribution is -0.137. The summed E-state index contributed by atoms with van der Waals surface area (Å²) in [6, 6.07) is 20.4. The molecule has 1 heterocycles. The van der Waals surface area contributed by atoms with Crippen molar-refractivity contribution in [2.24, 2.45) is 0 Å². The molecule has 0 spiro atoms. The van der Waals surface area contributed by atoms with Crippen molar-refractivity contribution >= 4 is 40.9 Å². The molecule has 40 heavy (non-hydrogen) atoms. The highest BCUT2D eigenvalue weighted by molar-refractivity contribution is 8.05. The number of benzene rings is 3. The molecule has 0 aliphatic carbocycles. The van der Waals surface area contributed by atoms with E-state index in [0.717, 1.165) is 35.5 Å². The van der Waals surface area contributed by atoms with Gasteiger partial charge in [-0.2, -0.15) is 18.4 Å². The highest BCUT2D eigenvalue weighted by atomic mass is 35.5. The van der Waals surface area contributed by atoms with Crippen LogP contribution in [0.5, 0.6) is 5.75 Å². The van der Waals surface area contributed by atoms with Crippen LogP contribution in [-0.4, -0.2) is 23.7 Å². The number of anilines is 1. The first-order valence-electron chi connectivity index (χ1n) is 12.2. The number of nitrogens with zero attached hydrogens (tertiary/aromatic N) is 2. The summed E-state index contributed by atoms with van der Waals surface area (Å²) in [7, 11) is 0. The Bertz CT molecular complexity index is 1470. The molecule has 1 saturated heterocycles. The van der Waals surface area contributed by atoms with Gasteiger partial charge in [0.1, 0.15) is 22.4 Å². The predicted octanol–water partition coefficient (Wildman–Crippen LogP) is 6.50. The summed E-state index contributed by atoms with van der Waals surface area (Å²) in [5.74, 6) is -0.624. The number of thioether (sulfide) groups is 1. The minimum absolute atomic E-state index is 0.0764. The molecule has 1 atom stereocenters. The predicted molar refractivity (Wildman–Crippen MR) is 148 cm³/mol. The average molecular weight is 586 g/mol. The average Bonchev–Trinajstić information content (AvgIpc) is 3.24. The van der Waals surface area contributed by atoms with E-state index in [1.807, 2.05) is 43.3 Å². The molecule has 1 aliphatic heterocycles. The standard InChI is InChI=1S/C29H23ClF3N3O3S/c1-2-39-22-11-9-21(10-12-22)36-27(38)25(15-19-14-20(29(31,32)33)8-13-24(19)30)40-28(36)23(16-34)26(37)35-17-18-6-4-3-5-7-18/h3-14,25H,2,15,17H2,1H3,(H,35,37)/b28-23-. The number of ether oxygens (including phenoxy) is 1. The number of nitrogens with one attached hydrogen (secondary N) is 1. The zero-order valence-corrected chi connectivity index (χ0v) is 22.7. The second-order valence-electron chi connectivity index (χ2n) is 8.68. The molecule has 3 aromatic carbocycles. The molecule has 1 unspecified atom stereocenters. The third-order valence-corrected chi connectivity index (χ3v) is 7.62. The van der Waals surface area contributed by atoms with Crippen LogP contribution in [0.25, 0.3) is 0 Å². The maximum Gasteiger partial charge on any atom is 0.416 e. The summed E-state index contributed by atoms with van der Waals surface area (Å²) < 4.78 is 45.5. The van der Waals surface area contributed by atoms with E-state index in [0.29, 0.717) is 18.0 Å². The Labute approximate surface area is 238 Å². The van der Waals surface area contributed by atoms with Crippen LogP contribution in [0, 0.1) is 11.3 Å². The van der Waals surface area contributed by atoms with Crippen molar-refractivity contribution in [2.45, 2.75) is 31.3 Å². The molecule has 0 aromatic heterocycles. The lowest BCUT2D eigenvalue weighted by Crippen LogP contribution is -2.32. The van der Waals surface area contributed by atoms with Crippen molar-refractivity contribution in [3.05, 3.63) is 105 Å². The van der Waals surface area contributed by atoms with Crippen LogP contribution < -0.4 is 15.0 Å². The second kappa shape index (κ2) is 12.5. The number of hydrogen-bond donors (Lipinski definition) is 1. The number of rotatable bonds is 8. The Hall–Kier alpha value is -3.94. The summed E-state index contributed by atoms with van der Waals surface area (Å²) in [5, 5.41) is 11.9. The van der Waals surface area contributed by atoms with E-state index in [4.69, 9.17) is 16.3 Å². The van der Waals surface area contributed by atoms with Crippen LogP contribution >= 0.6 is 23.4 Å². The SMILES string of the molecule is CCOc1ccc(N2C(=O)C(Cc3cc(C(F)(F)F)ccc3Cl)S/C2=C(/C#N)C(=O)NCc2ccccc2)cc1. The number of carbonyl (C=O) groups is 2. The molecular formula is C29H23ClF3N3O3S. The van der Waals surface area contributed by atoms with Gasteiger partial charge in [0.2, 0.25) is 5.91 Å². The van der Waals surface area contributed by atoms with Gasteiger partial charge in [-0.3, -0.25) is 14.5 Å². The Kier molecular flexibility index (Phi) is 9.07. The summed E-state index contributed by atoms with van der Waals surface area (Å²) in [6.07, 6.45) is -4.73. The number of amides is 2. The molecule has 3 aromatic rings. The van der Waals surface area contributed by atoms with Crippen LogP contribution in [0.2, 0.25) is 5.02 Å². The first kappa shape index (κ1) is 29.1. The normalized spacial score (nSPS) is 16.4. The maximum atomic E-state index is 13.7. The Morgan fingerprint density at radius 1 is 1.12 bits per heavy atom. The summed E-state index contributed by atoms with van der Waals surface area (Å²) >= 11 is 7.14. The highest BCUT2D eigenvalue weighted by Crippen LogP contribution is 2.43. The largest absolute Gasteiger partial charge is 0.494 e. The zero-order chi connectivity index (χ0) is 28.9. The first-order chi connectivity index (χ1) is 19.1. The molecule has 1 N–H and O–H groups in total. The van der Waals surface area contributed by atoms with E-state index in [-0.39, 0.29) is 34.2 Å². The van der Waals surface area contributed by atoms with Gasteiger partial charge in [-0.25, -0.2) is 0 Å². The molecule has 0 radical (unpaired) electrons. The van der Waals surface area contributed by atoms with Gasteiger partial charge in [0, 0.05) is 17.3 Å². The molecule has 11 heteroatoms. The van der Waals surface area contributed by atoms with Crippen LogP contribution in [0.1, 0.15) is 23.6 Å².